The van der Waals surface area contributed by atoms with Gasteiger partial charge < -0.3 is 9.67 Å². The second-order valence-corrected chi connectivity index (χ2v) is 7.73. The van der Waals surface area contributed by atoms with Crippen LogP contribution in [0.1, 0.15) is 5.56 Å². The molecule has 4 rings (SSSR count). The highest BCUT2D eigenvalue weighted by Crippen LogP contribution is 2.34. The largest absolute Gasteiger partial charge is 0.506 e. The molecule has 0 fully saturated rings. The Bertz CT molecular complexity index is 1340. The molecule has 2 heterocycles. The number of aromatic hydroxyl groups is 1. The molecule has 0 aliphatic heterocycles. The first kappa shape index (κ1) is 18.3. The van der Waals surface area contributed by atoms with E-state index in [2.05, 4.69) is 15.9 Å². The van der Waals surface area contributed by atoms with Crippen molar-refractivity contribution in [3.05, 3.63) is 79.5 Å². The summed E-state index contributed by atoms with van der Waals surface area (Å²) in [4.78, 5) is 25.4. The van der Waals surface area contributed by atoms with Gasteiger partial charge in [0, 0.05) is 24.8 Å². The zero-order valence-corrected chi connectivity index (χ0v) is 17.2. The number of aryl methyl sites for hydroxylation is 2. The highest BCUT2D eigenvalue weighted by atomic mass is 79.9. The van der Waals surface area contributed by atoms with Gasteiger partial charge in [0.15, 0.2) is 0 Å². The number of phenolic OH excluding ortho intramolecular Hbond substituents is 1. The minimum absolute atomic E-state index is 0.0890. The molecule has 0 unspecified atom stereocenters. The zero-order chi connectivity index (χ0) is 20.2. The Morgan fingerprint density at radius 1 is 0.964 bits per heavy atom. The molecule has 0 saturated heterocycles. The van der Waals surface area contributed by atoms with Crippen molar-refractivity contribution in [2.45, 2.75) is 6.92 Å². The minimum atomic E-state index is -0.398. The minimum Gasteiger partial charge on any atom is -0.506 e. The SMILES string of the molecule is Cc1ccc(O)c(-n2cc3c(c2-c2ccc(Br)cc2)c(=O)n(C)c(=O)n3C)c1. The fourth-order valence-electron chi connectivity index (χ4n) is 3.45. The van der Waals surface area contributed by atoms with Gasteiger partial charge in [0.2, 0.25) is 0 Å². The van der Waals surface area contributed by atoms with Crippen molar-refractivity contribution in [3.63, 3.8) is 0 Å². The van der Waals surface area contributed by atoms with E-state index in [1.165, 1.54) is 11.6 Å². The number of phenols is 1. The summed E-state index contributed by atoms with van der Waals surface area (Å²) in [6.45, 7) is 1.93. The molecule has 0 amide bonds. The van der Waals surface area contributed by atoms with E-state index >= 15 is 0 Å². The van der Waals surface area contributed by atoms with Crippen LogP contribution in [0.2, 0.25) is 0 Å². The Morgan fingerprint density at radius 3 is 2.32 bits per heavy atom. The van der Waals surface area contributed by atoms with Gasteiger partial charge in [-0.25, -0.2) is 4.79 Å². The number of hydrogen-bond acceptors (Lipinski definition) is 3. The van der Waals surface area contributed by atoms with Crippen LogP contribution < -0.4 is 11.2 Å². The lowest BCUT2D eigenvalue weighted by Crippen LogP contribution is -2.36. The van der Waals surface area contributed by atoms with Crippen molar-refractivity contribution >= 4 is 26.8 Å². The first-order valence-corrected chi connectivity index (χ1v) is 9.46. The van der Waals surface area contributed by atoms with Gasteiger partial charge in [-0.15, -0.1) is 0 Å². The van der Waals surface area contributed by atoms with Crippen LogP contribution in [0, 0.1) is 6.92 Å². The van der Waals surface area contributed by atoms with Crippen molar-refractivity contribution in [1.82, 2.24) is 13.7 Å². The summed E-state index contributed by atoms with van der Waals surface area (Å²) >= 11 is 3.43. The molecule has 4 aromatic rings. The van der Waals surface area contributed by atoms with Crippen molar-refractivity contribution in [2.24, 2.45) is 14.1 Å². The number of rotatable bonds is 2. The predicted molar refractivity (Wildman–Crippen MR) is 113 cm³/mol. The molecule has 1 N–H and O–H groups in total. The molecule has 0 saturated carbocycles. The number of aromatic nitrogens is 3. The average molecular weight is 440 g/mol. The van der Waals surface area contributed by atoms with Crippen LogP contribution in [0.3, 0.4) is 0 Å². The maximum atomic E-state index is 13.0. The molecule has 2 aromatic carbocycles. The number of halogens is 1. The van der Waals surface area contributed by atoms with Gasteiger partial charge in [0.05, 0.1) is 22.3 Å². The summed E-state index contributed by atoms with van der Waals surface area (Å²) in [7, 11) is 3.10. The standard InChI is InChI=1S/C21H18BrN3O3/c1-12-4-9-17(26)15(10-12)25-11-16-18(20(27)24(3)21(28)23(16)2)19(25)13-5-7-14(22)8-6-13/h4-11,26H,1-3H3. The van der Waals surface area contributed by atoms with E-state index < -0.39 is 5.69 Å². The van der Waals surface area contributed by atoms with Crippen LogP contribution in [-0.4, -0.2) is 18.8 Å². The number of hydrogen-bond donors (Lipinski definition) is 1. The van der Waals surface area contributed by atoms with Gasteiger partial charge in [0.1, 0.15) is 5.75 Å². The van der Waals surface area contributed by atoms with Crippen molar-refractivity contribution in [1.29, 1.82) is 0 Å². The molecular formula is C21H18BrN3O3. The van der Waals surface area contributed by atoms with Gasteiger partial charge in [-0.05, 0) is 42.3 Å². The topological polar surface area (TPSA) is 69.2 Å². The third kappa shape index (κ3) is 2.70. The first-order valence-electron chi connectivity index (χ1n) is 8.66. The Kier molecular flexibility index (Phi) is 4.27. The lowest BCUT2D eigenvalue weighted by molar-refractivity contribution is 0.472. The fourth-order valence-corrected chi connectivity index (χ4v) is 3.71. The summed E-state index contributed by atoms with van der Waals surface area (Å²) in [5.41, 5.74) is 2.67. The van der Waals surface area contributed by atoms with Gasteiger partial charge in [-0.1, -0.05) is 34.1 Å². The summed E-state index contributed by atoms with van der Waals surface area (Å²) in [6.07, 6.45) is 1.73. The molecule has 0 aliphatic rings. The lowest BCUT2D eigenvalue weighted by Gasteiger charge is -2.12. The second kappa shape index (κ2) is 6.53. The van der Waals surface area contributed by atoms with E-state index in [9.17, 15) is 14.7 Å². The molecule has 0 atom stereocenters. The second-order valence-electron chi connectivity index (χ2n) is 6.81. The van der Waals surface area contributed by atoms with Gasteiger partial charge in [-0.3, -0.25) is 13.9 Å². The fraction of sp³-hybridized carbons (Fsp3) is 0.143. The van der Waals surface area contributed by atoms with E-state index in [-0.39, 0.29) is 11.3 Å². The van der Waals surface area contributed by atoms with Crippen LogP contribution >= 0.6 is 15.9 Å². The Morgan fingerprint density at radius 2 is 1.64 bits per heavy atom. The number of fused-ring (bicyclic) bond motifs is 1. The first-order chi connectivity index (χ1) is 13.3. The summed E-state index contributed by atoms with van der Waals surface area (Å²) in [5.74, 6) is 0.0890. The Labute approximate surface area is 169 Å². The van der Waals surface area contributed by atoms with Crippen molar-refractivity contribution < 1.29 is 5.11 Å². The van der Waals surface area contributed by atoms with Gasteiger partial charge >= 0.3 is 5.69 Å². The highest BCUT2D eigenvalue weighted by molar-refractivity contribution is 9.10. The van der Waals surface area contributed by atoms with Crippen molar-refractivity contribution in [2.75, 3.05) is 0 Å². The summed E-state index contributed by atoms with van der Waals surface area (Å²) in [5, 5.41) is 10.9. The van der Waals surface area contributed by atoms with Crippen molar-refractivity contribution in [3.8, 4) is 22.7 Å². The lowest BCUT2D eigenvalue weighted by atomic mass is 10.1. The molecule has 7 heteroatoms. The van der Waals surface area contributed by atoms with E-state index in [1.54, 1.807) is 23.9 Å². The quantitative estimate of drug-likeness (QED) is 0.519. The molecule has 142 valence electrons. The highest BCUT2D eigenvalue weighted by Gasteiger charge is 2.21. The van der Waals surface area contributed by atoms with Gasteiger partial charge in [-0.2, -0.15) is 0 Å². The van der Waals surface area contributed by atoms with E-state index in [4.69, 9.17) is 0 Å². The summed E-state index contributed by atoms with van der Waals surface area (Å²) < 4.78 is 5.24. The monoisotopic (exact) mass is 439 g/mol. The smallest absolute Gasteiger partial charge is 0.330 e. The third-order valence-corrected chi connectivity index (χ3v) is 5.48. The van der Waals surface area contributed by atoms with E-state index in [1.807, 2.05) is 43.3 Å². The van der Waals surface area contributed by atoms with Crippen LogP contribution in [0.5, 0.6) is 5.75 Å². The molecular weight excluding hydrogens is 422 g/mol. The van der Waals surface area contributed by atoms with E-state index in [0.717, 1.165) is 20.2 Å². The molecule has 0 radical (unpaired) electrons. The van der Waals surface area contributed by atoms with Crippen LogP contribution in [0.4, 0.5) is 0 Å². The maximum Gasteiger partial charge on any atom is 0.330 e. The molecule has 2 aromatic heterocycles. The third-order valence-electron chi connectivity index (χ3n) is 4.95. The zero-order valence-electron chi connectivity index (χ0n) is 15.6. The van der Waals surface area contributed by atoms with Crippen LogP contribution in [-0.2, 0) is 14.1 Å². The number of nitrogens with zero attached hydrogens (tertiary/aromatic N) is 3. The van der Waals surface area contributed by atoms with Gasteiger partial charge in [0.25, 0.3) is 5.56 Å². The molecule has 0 aliphatic carbocycles. The maximum absolute atomic E-state index is 13.0. The van der Waals surface area contributed by atoms with Crippen LogP contribution in [0.15, 0.2) is 62.7 Å². The molecule has 0 bridgehead atoms. The predicted octanol–water partition coefficient (Wildman–Crippen LogP) is 3.47. The average Bonchev–Trinajstić information content (AvgIpc) is 3.07. The normalized spacial score (nSPS) is 11.3. The van der Waals surface area contributed by atoms with Crippen LogP contribution in [0.25, 0.3) is 27.8 Å². The molecule has 6 nitrogen and oxygen atoms in total. The van der Waals surface area contributed by atoms with E-state index in [0.29, 0.717) is 22.3 Å². The summed E-state index contributed by atoms with van der Waals surface area (Å²) in [6, 6.07) is 12.9. The number of benzene rings is 2. The Hall–Kier alpha value is -3.06. The molecule has 28 heavy (non-hydrogen) atoms. The molecule has 0 spiro atoms. The Balaban J connectivity index is 2.23.